The van der Waals surface area contributed by atoms with Crippen LogP contribution in [0.15, 0.2) is 60.7 Å². The molecule has 9 heteroatoms. The van der Waals surface area contributed by atoms with E-state index in [0.29, 0.717) is 5.56 Å². The Hall–Kier alpha value is -3.51. The minimum atomic E-state index is -1.10. The lowest BCUT2D eigenvalue weighted by Crippen LogP contribution is -2.53. The minimum Gasteiger partial charge on any atom is -0.444 e. The van der Waals surface area contributed by atoms with Crippen LogP contribution in [-0.4, -0.2) is 46.7 Å². The third-order valence-electron chi connectivity index (χ3n) is 4.68. The van der Waals surface area contributed by atoms with Gasteiger partial charge in [-0.3, -0.25) is 9.59 Å². The number of carbonyl (C=O) groups excluding carboxylic acids is 3. The lowest BCUT2D eigenvalue weighted by Gasteiger charge is -2.32. The number of hydrogen-bond acceptors (Lipinski definition) is 6. The van der Waals surface area contributed by atoms with E-state index in [1.165, 1.54) is 0 Å². The van der Waals surface area contributed by atoms with Gasteiger partial charge < -0.3 is 20.3 Å². The molecule has 2 aromatic rings. The van der Waals surface area contributed by atoms with Gasteiger partial charge in [-0.2, -0.15) is 17.9 Å². The first-order valence-corrected chi connectivity index (χ1v) is 11.4. The Morgan fingerprint density at radius 3 is 2.18 bits per heavy atom. The van der Waals surface area contributed by atoms with Gasteiger partial charge >= 0.3 is 6.09 Å². The number of hydrogen-bond donors (Lipinski definition) is 3. The van der Waals surface area contributed by atoms with Crippen LogP contribution in [-0.2, 0) is 20.9 Å². The van der Waals surface area contributed by atoms with E-state index in [1.54, 1.807) is 51.1 Å². The van der Waals surface area contributed by atoms with Gasteiger partial charge in [0.05, 0.1) is 6.07 Å². The first-order valence-electron chi connectivity index (χ1n) is 10.8. The molecule has 0 radical (unpaired) electrons. The molecule has 0 aliphatic rings. The van der Waals surface area contributed by atoms with Gasteiger partial charge in [0, 0.05) is 12.3 Å². The van der Waals surface area contributed by atoms with E-state index < -0.39 is 35.6 Å². The largest absolute Gasteiger partial charge is 0.444 e. The highest BCUT2D eigenvalue weighted by atomic mass is 32.1. The van der Waals surface area contributed by atoms with Crippen molar-refractivity contribution in [3.05, 3.63) is 71.8 Å². The van der Waals surface area contributed by atoms with Crippen molar-refractivity contribution < 1.29 is 19.1 Å². The van der Waals surface area contributed by atoms with Crippen molar-refractivity contribution in [3.8, 4) is 6.07 Å². The highest BCUT2D eigenvalue weighted by Crippen LogP contribution is 2.22. The number of alkyl carbamates (subject to hydrolysis) is 1. The van der Waals surface area contributed by atoms with Gasteiger partial charge in [0.2, 0.25) is 11.8 Å². The quantitative estimate of drug-likeness (QED) is 0.375. The molecule has 180 valence electrons. The fraction of sp³-hybridized carbons (Fsp3) is 0.360. The number of nitriles is 1. The van der Waals surface area contributed by atoms with Crippen LogP contribution >= 0.6 is 12.6 Å². The predicted molar refractivity (Wildman–Crippen MR) is 132 cm³/mol. The van der Waals surface area contributed by atoms with E-state index in [-0.39, 0.29) is 18.8 Å². The van der Waals surface area contributed by atoms with E-state index in [1.807, 2.05) is 36.4 Å². The average Bonchev–Trinajstić information content (AvgIpc) is 2.80. The Bertz CT molecular complexity index is 1000. The standard InChI is InChI=1S/C25H30N4O4S/c1-25(2,3)33-24(32)28-20(17-34)23(31)29(15-14-26)21(19-12-8-5-9-13-19)22(30)27-16-18-10-6-4-7-11-18/h4-13,20-21,34H,15-17H2,1-3H3,(H,27,30)(H,28,32). The molecule has 2 aromatic carbocycles. The summed E-state index contributed by atoms with van der Waals surface area (Å²) in [7, 11) is 0. The first kappa shape index (κ1) is 26.7. The van der Waals surface area contributed by atoms with Crippen molar-refractivity contribution in [1.82, 2.24) is 15.5 Å². The van der Waals surface area contributed by atoms with Crippen LogP contribution in [0.1, 0.15) is 37.9 Å². The summed E-state index contributed by atoms with van der Waals surface area (Å²) in [5.41, 5.74) is 0.664. The van der Waals surface area contributed by atoms with Gasteiger partial charge in [-0.05, 0) is 31.9 Å². The van der Waals surface area contributed by atoms with Gasteiger partial charge in [0.25, 0.3) is 0 Å². The molecule has 0 heterocycles. The number of benzene rings is 2. The summed E-state index contributed by atoms with van der Waals surface area (Å²) in [6.07, 6.45) is -0.790. The third kappa shape index (κ3) is 8.12. The minimum absolute atomic E-state index is 0.0485. The molecule has 2 N–H and O–H groups in total. The number of nitrogens with zero attached hydrogens (tertiary/aromatic N) is 2. The number of nitrogens with one attached hydrogen (secondary N) is 2. The smallest absolute Gasteiger partial charge is 0.408 e. The van der Waals surface area contributed by atoms with Gasteiger partial charge in [0.1, 0.15) is 24.2 Å². The molecular weight excluding hydrogens is 452 g/mol. The van der Waals surface area contributed by atoms with Crippen LogP contribution < -0.4 is 10.6 Å². The molecule has 2 rings (SSSR count). The maximum atomic E-state index is 13.4. The molecule has 8 nitrogen and oxygen atoms in total. The van der Waals surface area contributed by atoms with E-state index >= 15 is 0 Å². The zero-order valence-corrected chi connectivity index (χ0v) is 20.4. The zero-order chi connectivity index (χ0) is 25.1. The van der Waals surface area contributed by atoms with Crippen LogP contribution in [0.5, 0.6) is 0 Å². The second-order valence-electron chi connectivity index (χ2n) is 8.52. The molecule has 0 saturated heterocycles. The molecule has 0 saturated carbocycles. The maximum Gasteiger partial charge on any atom is 0.408 e. The van der Waals surface area contributed by atoms with Crippen molar-refractivity contribution in [3.63, 3.8) is 0 Å². The zero-order valence-electron chi connectivity index (χ0n) is 19.5. The topological polar surface area (TPSA) is 112 Å². The van der Waals surface area contributed by atoms with E-state index in [0.717, 1.165) is 10.5 Å². The van der Waals surface area contributed by atoms with Crippen LogP contribution in [0.3, 0.4) is 0 Å². The normalized spacial score (nSPS) is 12.6. The van der Waals surface area contributed by atoms with Crippen molar-refractivity contribution >= 4 is 30.5 Å². The Kier molecular flexibility index (Phi) is 9.95. The van der Waals surface area contributed by atoms with Crippen molar-refractivity contribution in [1.29, 1.82) is 5.26 Å². The summed E-state index contributed by atoms with van der Waals surface area (Å²) in [6, 6.07) is 17.8. The Balaban J connectivity index is 2.31. The van der Waals surface area contributed by atoms with Gasteiger partial charge in [-0.25, -0.2) is 4.79 Å². The van der Waals surface area contributed by atoms with Crippen molar-refractivity contribution in [2.45, 2.75) is 45.0 Å². The van der Waals surface area contributed by atoms with E-state index in [9.17, 15) is 19.6 Å². The Labute approximate surface area is 205 Å². The number of ether oxygens (including phenoxy) is 1. The lowest BCUT2D eigenvalue weighted by atomic mass is 10.0. The molecule has 3 amide bonds. The Morgan fingerprint density at radius 1 is 1.06 bits per heavy atom. The predicted octanol–water partition coefficient (Wildman–Crippen LogP) is 3.22. The molecule has 0 bridgehead atoms. The SMILES string of the molecule is CC(C)(C)OC(=O)NC(CS)C(=O)N(CC#N)C(C(=O)NCc1ccccc1)c1ccccc1. The molecule has 0 spiro atoms. The molecule has 0 fully saturated rings. The first-order chi connectivity index (χ1) is 16.2. The summed E-state index contributed by atoms with van der Waals surface area (Å²) >= 11 is 4.20. The fourth-order valence-electron chi connectivity index (χ4n) is 3.20. The second-order valence-corrected chi connectivity index (χ2v) is 8.89. The van der Waals surface area contributed by atoms with Crippen LogP contribution in [0.4, 0.5) is 4.79 Å². The summed E-state index contributed by atoms with van der Waals surface area (Å²) in [6.45, 7) is 5.00. The van der Waals surface area contributed by atoms with Crippen LogP contribution in [0, 0.1) is 11.3 Å². The number of amides is 3. The highest BCUT2D eigenvalue weighted by molar-refractivity contribution is 7.80. The molecule has 0 aliphatic heterocycles. The lowest BCUT2D eigenvalue weighted by molar-refractivity contribution is -0.141. The summed E-state index contributed by atoms with van der Waals surface area (Å²) in [5, 5.41) is 14.8. The monoisotopic (exact) mass is 482 g/mol. The molecular formula is C25H30N4O4S. The average molecular weight is 483 g/mol. The molecule has 2 unspecified atom stereocenters. The Morgan fingerprint density at radius 2 is 1.65 bits per heavy atom. The third-order valence-corrected chi connectivity index (χ3v) is 5.05. The summed E-state index contributed by atoms with van der Waals surface area (Å²) < 4.78 is 5.24. The van der Waals surface area contributed by atoms with Gasteiger partial charge in [-0.15, -0.1) is 0 Å². The van der Waals surface area contributed by atoms with E-state index in [4.69, 9.17) is 4.74 Å². The highest BCUT2D eigenvalue weighted by Gasteiger charge is 2.35. The van der Waals surface area contributed by atoms with Crippen molar-refractivity contribution in [2.75, 3.05) is 12.3 Å². The van der Waals surface area contributed by atoms with Crippen molar-refractivity contribution in [2.24, 2.45) is 0 Å². The molecule has 0 aliphatic carbocycles. The van der Waals surface area contributed by atoms with E-state index in [2.05, 4.69) is 23.3 Å². The van der Waals surface area contributed by atoms with Crippen LogP contribution in [0.25, 0.3) is 0 Å². The van der Waals surface area contributed by atoms with Gasteiger partial charge in [0.15, 0.2) is 0 Å². The summed E-state index contributed by atoms with van der Waals surface area (Å²) in [4.78, 5) is 40.2. The number of rotatable bonds is 9. The fourth-order valence-corrected chi connectivity index (χ4v) is 3.45. The molecule has 0 aromatic heterocycles. The number of thiol groups is 1. The maximum absolute atomic E-state index is 13.4. The molecule has 34 heavy (non-hydrogen) atoms. The molecule has 2 atom stereocenters. The van der Waals surface area contributed by atoms with Crippen LogP contribution in [0.2, 0.25) is 0 Å². The number of carbonyl (C=O) groups is 3. The second kappa shape index (κ2) is 12.7. The van der Waals surface area contributed by atoms with Gasteiger partial charge in [-0.1, -0.05) is 60.7 Å². The summed E-state index contributed by atoms with van der Waals surface area (Å²) in [5.74, 6) is -1.12.